The Bertz CT molecular complexity index is 838. The van der Waals surface area contributed by atoms with Crippen LogP contribution in [0.25, 0.3) is 0 Å². The second kappa shape index (κ2) is 8.56. The molecule has 2 heterocycles. The zero-order chi connectivity index (χ0) is 21.4. The van der Waals surface area contributed by atoms with Crippen molar-refractivity contribution in [3.05, 3.63) is 29.8 Å². The van der Waals surface area contributed by atoms with Gasteiger partial charge < -0.3 is 26.2 Å². The van der Waals surface area contributed by atoms with E-state index in [1.807, 2.05) is 31.2 Å². The summed E-state index contributed by atoms with van der Waals surface area (Å²) in [5, 5.41) is 24.6. The van der Waals surface area contributed by atoms with Crippen LogP contribution in [0.1, 0.15) is 24.8 Å². The number of nitrogens with zero attached hydrogens (tertiary/aromatic N) is 2. The number of aryl methyl sites for hydroxylation is 1. The first-order chi connectivity index (χ1) is 14.3. The summed E-state index contributed by atoms with van der Waals surface area (Å²) in [6.07, 6.45) is -0.651. The Kier molecular flexibility index (Phi) is 6.04. The Labute approximate surface area is 179 Å². The van der Waals surface area contributed by atoms with Crippen molar-refractivity contribution in [2.75, 3.05) is 18.4 Å². The largest absolute Gasteiger partial charge is 0.390 e. The van der Waals surface area contributed by atoms with Gasteiger partial charge in [0.25, 0.3) is 0 Å². The molecule has 0 bridgehead atoms. The number of carbonyl (C=O) groups excluding carboxylic acids is 2. The minimum Gasteiger partial charge on any atom is -0.390 e. The zero-order valence-corrected chi connectivity index (χ0v) is 17.7. The molecule has 0 unspecified atom stereocenters. The van der Waals surface area contributed by atoms with Gasteiger partial charge >= 0.3 is 0 Å². The first kappa shape index (κ1) is 21.1. The summed E-state index contributed by atoms with van der Waals surface area (Å²) in [5.41, 5.74) is 7.43. The Morgan fingerprint density at radius 1 is 1.20 bits per heavy atom. The lowest BCUT2D eigenvalue weighted by molar-refractivity contribution is -0.142. The summed E-state index contributed by atoms with van der Waals surface area (Å²) in [5.74, 6) is -0.984. The average Bonchev–Trinajstić information content (AvgIpc) is 3.16. The van der Waals surface area contributed by atoms with E-state index in [1.54, 1.807) is 4.90 Å². The molecular formula is C21H28N4O4S. The van der Waals surface area contributed by atoms with Crippen LogP contribution in [0.2, 0.25) is 0 Å². The molecule has 1 aromatic carbocycles. The number of aliphatic imine (C=N–C) groups is 1. The molecule has 5 atom stereocenters. The maximum absolute atomic E-state index is 13.3. The molecule has 8 nitrogen and oxygen atoms in total. The minimum atomic E-state index is -0.996. The molecule has 162 valence electrons. The standard InChI is InChI=1S/C21H28N4O4S/c1-11-2-4-13(5-3-11)23-21-24-16-17(27)15(26)10-14(18(16)30-21)20(29)25-8-6-12(7-9-25)19(22)28/h2-5,12,14-18,26-27H,6-10H2,1H3,(H2,22,28)(H,23,24)/t14-,15+,16-,17-,18+/m0/s1. The number of aliphatic hydroxyl groups excluding tert-OH is 2. The summed E-state index contributed by atoms with van der Waals surface area (Å²) in [6.45, 7) is 2.98. The highest BCUT2D eigenvalue weighted by Gasteiger charge is 2.51. The summed E-state index contributed by atoms with van der Waals surface area (Å²) in [6, 6.07) is 7.37. The molecule has 9 heteroatoms. The van der Waals surface area contributed by atoms with Crippen molar-refractivity contribution in [3.8, 4) is 0 Å². The van der Waals surface area contributed by atoms with Gasteiger partial charge in [-0.25, -0.2) is 0 Å². The first-order valence-electron chi connectivity index (χ1n) is 10.4. The molecule has 0 radical (unpaired) electrons. The van der Waals surface area contributed by atoms with E-state index in [-0.39, 0.29) is 29.4 Å². The topological polar surface area (TPSA) is 128 Å². The normalized spacial score (nSPS) is 31.8. The number of nitrogens with two attached hydrogens (primary N) is 1. The van der Waals surface area contributed by atoms with Crippen LogP contribution in [0.3, 0.4) is 0 Å². The van der Waals surface area contributed by atoms with Gasteiger partial charge in [-0.2, -0.15) is 0 Å². The van der Waals surface area contributed by atoms with Crippen molar-refractivity contribution in [2.45, 2.75) is 49.7 Å². The van der Waals surface area contributed by atoms with Gasteiger partial charge in [-0.1, -0.05) is 29.5 Å². The number of amides is 2. The maximum Gasteiger partial charge on any atom is 0.227 e. The van der Waals surface area contributed by atoms with Gasteiger partial charge in [0, 0.05) is 29.9 Å². The number of hydrogen-bond donors (Lipinski definition) is 4. The third-order valence-corrected chi connectivity index (χ3v) is 7.63. The number of amidine groups is 1. The summed E-state index contributed by atoms with van der Waals surface area (Å²) >= 11 is 1.45. The molecular weight excluding hydrogens is 404 g/mol. The third-order valence-electron chi connectivity index (χ3n) is 6.32. The van der Waals surface area contributed by atoms with Crippen molar-refractivity contribution >= 4 is 34.4 Å². The summed E-state index contributed by atoms with van der Waals surface area (Å²) in [4.78, 5) is 31.0. The van der Waals surface area contributed by atoms with Crippen LogP contribution in [-0.4, -0.2) is 68.7 Å². The van der Waals surface area contributed by atoms with Crippen molar-refractivity contribution < 1.29 is 19.8 Å². The summed E-state index contributed by atoms with van der Waals surface area (Å²) < 4.78 is 0. The average molecular weight is 433 g/mol. The van der Waals surface area contributed by atoms with E-state index in [0.29, 0.717) is 31.1 Å². The van der Waals surface area contributed by atoms with Crippen LogP contribution in [0.15, 0.2) is 29.3 Å². The zero-order valence-electron chi connectivity index (χ0n) is 16.9. The molecule has 2 amide bonds. The number of aliphatic hydroxyl groups is 2. The second-order valence-corrected chi connectivity index (χ2v) is 9.57. The lowest BCUT2D eigenvalue weighted by Gasteiger charge is -2.40. The number of fused-ring (bicyclic) bond motifs is 1. The van der Waals surface area contributed by atoms with E-state index in [4.69, 9.17) is 5.73 Å². The molecule has 1 saturated heterocycles. The van der Waals surface area contributed by atoms with Crippen molar-refractivity contribution in [1.29, 1.82) is 0 Å². The molecule has 4 rings (SSSR count). The first-order valence-corrected chi connectivity index (χ1v) is 11.2. The highest BCUT2D eigenvalue weighted by atomic mass is 32.2. The third kappa shape index (κ3) is 4.19. The predicted molar refractivity (Wildman–Crippen MR) is 116 cm³/mol. The van der Waals surface area contributed by atoms with E-state index in [9.17, 15) is 19.8 Å². The number of anilines is 1. The van der Waals surface area contributed by atoms with Gasteiger partial charge in [-0.3, -0.25) is 14.6 Å². The molecule has 0 spiro atoms. The lowest BCUT2D eigenvalue weighted by atomic mass is 9.80. The predicted octanol–water partition coefficient (Wildman–Crippen LogP) is 0.713. The fourth-order valence-electron chi connectivity index (χ4n) is 4.47. The number of carbonyl (C=O) groups is 2. The van der Waals surface area contributed by atoms with Gasteiger partial charge in [-0.05, 0) is 38.3 Å². The molecule has 0 aromatic heterocycles. The maximum atomic E-state index is 13.3. The lowest BCUT2D eigenvalue weighted by Crippen LogP contribution is -2.55. The van der Waals surface area contributed by atoms with E-state index in [2.05, 4.69) is 10.3 Å². The van der Waals surface area contributed by atoms with Gasteiger partial charge in [0.05, 0.1) is 18.1 Å². The van der Waals surface area contributed by atoms with Crippen LogP contribution >= 0.6 is 11.8 Å². The van der Waals surface area contributed by atoms with E-state index in [1.165, 1.54) is 11.8 Å². The van der Waals surface area contributed by atoms with Crippen molar-refractivity contribution in [2.24, 2.45) is 22.6 Å². The highest BCUT2D eigenvalue weighted by Crippen LogP contribution is 2.42. The van der Waals surface area contributed by atoms with E-state index < -0.39 is 24.2 Å². The molecule has 30 heavy (non-hydrogen) atoms. The van der Waals surface area contributed by atoms with Crippen molar-refractivity contribution in [3.63, 3.8) is 0 Å². The Hall–Kier alpha value is -2.10. The van der Waals surface area contributed by atoms with Crippen LogP contribution in [0, 0.1) is 18.8 Å². The van der Waals surface area contributed by atoms with Crippen LogP contribution in [0.5, 0.6) is 0 Å². The molecule has 2 aliphatic heterocycles. The number of piperidine rings is 1. The molecule has 2 fully saturated rings. The number of nitrogens with one attached hydrogen (secondary N) is 1. The monoisotopic (exact) mass is 432 g/mol. The molecule has 5 N–H and O–H groups in total. The van der Waals surface area contributed by atoms with E-state index >= 15 is 0 Å². The number of benzene rings is 1. The van der Waals surface area contributed by atoms with E-state index in [0.717, 1.165) is 11.3 Å². The van der Waals surface area contributed by atoms with Crippen LogP contribution in [-0.2, 0) is 9.59 Å². The quantitative estimate of drug-likeness (QED) is 0.557. The molecule has 1 aromatic rings. The number of thioether (sulfide) groups is 1. The number of hydrogen-bond acceptors (Lipinski definition) is 7. The molecule has 1 saturated carbocycles. The Morgan fingerprint density at radius 2 is 1.87 bits per heavy atom. The van der Waals surface area contributed by atoms with Crippen LogP contribution < -0.4 is 11.1 Å². The Balaban J connectivity index is 1.46. The fourth-order valence-corrected chi connectivity index (χ4v) is 5.84. The number of rotatable bonds is 3. The highest BCUT2D eigenvalue weighted by molar-refractivity contribution is 8.15. The van der Waals surface area contributed by atoms with Crippen LogP contribution in [0.4, 0.5) is 5.69 Å². The second-order valence-electron chi connectivity index (χ2n) is 8.40. The van der Waals surface area contributed by atoms with Gasteiger partial charge in [0.2, 0.25) is 11.8 Å². The van der Waals surface area contributed by atoms with Gasteiger partial charge in [0.15, 0.2) is 5.17 Å². The number of primary amides is 1. The molecule has 3 aliphatic rings. The minimum absolute atomic E-state index is 0.0434. The summed E-state index contributed by atoms with van der Waals surface area (Å²) in [7, 11) is 0. The smallest absolute Gasteiger partial charge is 0.227 e. The fraction of sp³-hybridized carbons (Fsp3) is 0.571. The molecule has 1 aliphatic carbocycles. The van der Waals surface area contributed by atoms with Gasteiger partial charge in [-0.15, -0.1) is 0 Å². The van der Waals surface area contributed by atoms with Gasteiger partial charge in [0.1, 0.15) is 6.10 Å². The SMILES string of the molecule is Cc1ccc(NC2=N[C@H]3[C@@H](O)[C@H](O)C[C@H](C(=O)N4CCC(C(N)=O)CC4)[C@H]3S2)cc1. The van der Waals surface area contributed by atoms with Crippen molar-refractivity contribution in [1.82, 2.24) is 4.90 Å². The Morgan fingerprint density at radius 3 is 2.50 bits per heavy atom. The number of likely N-dealkylation sites (tertiary alicyclic amines) is 1.